The van der Waals surface area contributed by atoms with Crippen LogP contribution in [0.25, 0.3) is 0 Å². The zero-order valence-corrected chi connectivity index (χ0v) is 26.7. The van der Waals surface area contributed by atoms with Crippen LogP contribution in [0.5, 0.6) is 0 Å². The summed E-state index contributed by atoms with van der Waals surface area (Å²) < 4.78 is 0. The van der Waals surface area contributed by atoms with Gasteiger partial charge in [-0.1, -0.05) is 105 Å². The molecule has 1 unspecified atom stereocenters. The van der Waals surface area contributed by atoms with Crippen molar-refractivity contribution in [2.75, 3.05) is 13.1 Å². The largest absolute Gasteiger partial charge is 0.390 e. The van der Waals surface area contributed by atoms with Crippen molar-refractivity contribution in [3.05, 3.63) is 108 Å². The van der Waals surface area contributed by atoms with Crippen molar-refractivity contribution in [2.24, 2.45) is 5.92 Å². The minimum absolute atomic E-state index is 0.172. The van der Waals surface area contributed by atoms with Crippen LogP contribution in [0.4, 0.5) is 0 Å². The van der Waals surface area contributed by atoms with Crippen LogP contribution in [0.15, 0.2) is 91.0 Å². The van der Waals surface area contributed by atoms with Gasteiger partial charge < -0.3 is 26.0 Å². The number of aliphatic hydroxyl groups is 1. The van der Waals surface area contributed by atoms with Gasteiger partial charge in [0.25, 0.3) is 0 Å². The monoisotopic (exact) mass is 612 g/mol. The molecule has 1 heterocycles. The quantitative estimate of drug-likeness (QED) is 0.195. The van der Waals surface area contributed by atoms with Crippen LogP contribution in [0, 0.1) is 5.92 Å². The number of likely N-dealkylation sites (tertiary alicyclic amines) is 1. The van der Waals surface area contributed by atoms with E-state index in [1.165, 1.54) is 6.92 Å². The van der Waals surface area contributed by atoms with Gasteiger partial charge in [-0.05, 0) is 54.7 Å². The van der Waals surface area contributed by atoms with Crippen molar-refractivity contribution < 1.29 is 19.5 Å². The van der Waals surface area contributed by atoms with E-state index in [1.807, 2.05) is 105 Å². The molecular weight excluding hydrogens is 564 g/mol. The summed E-state index contributed by atoms with van der Waals surface area (Å²) in [6.07, 6.45) is 1.52. The maximum atomic E-state index is 14.2. The Morgan fingerprint density at radius 1 is 0.889 bits per heavy atom. The summed E-state index contributed by atoms with van der Waals surface area (Å²) in [5.74, 6) is -0.605. The Morgan fingerprint density at radius 3 is 2.04 bits per heavy atom. The van der Waals surface area contributed by atoms with Gasteiger partial charge in [0.2, 0.25) is 17.7 Å². The number of rotatable bonds is 16. The lowest BCUT2D eigenvalue weighted by Gasteiger charge is -2.34. The molecular formula is C37H48N4O4. The van der Waals surface area contributed by atoms with E-state index in [9.17, 15) is 19.5 Å². The first-order chi connectivity index (χ1) is 21.7. The molecule has 4 N–H and O–H groups in total. The second-order valence-corrected chi connectivity index (χ2v) is 12.6. The molecule has 0 aliphatic carbocycles. The van der Waals surface area contributed by atoms with Gasteiger partial charge in [0.05, 0.1) is 12.1 Å². The summed E-state index contributed by atoms with van der Waals surface area (Å²) in [4.78, 5) is 42.2. The lowest BCUT2D eigenvalue weighted by atomic mass is 9.87. The molecule has 0 bridgehead atoms. The Morgan fingerprint density at radius 2 is 1.47 bits per heavy atom. The second-order valence-electron chi connectivity index (χ2n) is 12.6. The topological polar surface area (TPSA) is 111 Å². The van der Waals surface area contributed by atoms with E-state index in [-0.39, 0.29) is 30.2 Å². The molecule has 1 saturated heterocycles. The number of benzene rings is 3. The van der Waals surface area contributed by atoms with Crippen molar-refractivity contribution in [1.29, 1.82) is 0 Å². The van der Waals surface area contributed by atoms with Gasteiger partial charge in [-0.15, -0.1) is 0 Å². The number of amides is 3. The fraction of sp³-hybridized carbons (Fsp3) is 0.432. The van der Waals surface area contributed by atoms with E-state index in [0.717, 1.165) is 16.7 Å². The molecule has 1 aliphatic rings. The minimum Gasteiger partial charge on any atom is -0.390 e. The van der Waals surface area contributed by atoms with Crippen molar-refractivity contribution in [1.82, 2.24) is 20.9 Å². The van der Waals surface area contributed by atoms with Gasteiger partial charge in [0, 0.05) is 26.6 Å². The first-order valence-electron chi connectivity index (χ1n) is 16.1. The first-order valence-corrected chi connectivity index (χ1v) is 16.1. The molecule has 4 rings (SSSR count). The minimum atomic E-state index is -1.03. The van der Waals surface area contributed by atoms with Crippen LogP contribution in [0.1, 0.15) is 56.7 Å². The van der Waals surface area contributed by atoms with Gasteiger partial charge >= 0.3 is 0 Å². The maximum Gasteiger partial charge on any atom is 0.249 e. The van der Waals surface area contributed by atoms with E-state index in [4.69, 9.17) is 0 Å². The number of nitrogens with one attached hydrogen (secondary N) is 3. The van der Waals surface area contributed by atoms with Crippen molar-refractivity contribution >= 4 is 17.7 Å². The van der Waals surface area contributed by atoms with Crippen LogP contribution in [0.2, 0.25) is 0 Å². The predicted octanol–water partition coefficient (Wildman–Crippen LogP) is 4.02. The van der Waals surface area contributed by atoms with E-state index in [0.29, 0.717) is 45.2 Å². The average molecular weight is 613 g/mol. The molecule has 3 amide bonds. The zero-order chi connectivity index (χ0) is 32.2. The number of hydrogen-bond acceptors (Lipinski definition) is 5. The Bertz CT molecular complexity index is 1370. The molecule has 3 aromatic carbocycles. The summed E-state index contributed by atoms with van der Waals surface area (Å²) in [6, 6.07) is 28.3. The van der Waals surface area contributed by atoms with Crippen molar-refractivity contribution in [3.63, 3.8) is 0 Å². The van der Waals surface area contributed by atoms with E-state index >= 15 is 0 Å². The summed E-state index contributed by atoms with van der Waals surface area (Å²) in [5.41, 5.74) is 2.13. The van der Waals surface area contributed by atoms with Crippen LogP contribution in [0.3, 0.4) is 0 Å². The molecule has 45 heavy (non-hydrogen) atoms. The number of nitrogens with zero attached hydrogens (tertiary/aromatic N) is 1. The van der Waals surface area contributed by atoms with Crippen LogP contribution in [-0.4, -0.2) is 64.5 Å². The normalized spacial score (nSPS) is 18.4. The molecule has 8 heteroatoms. The highest BCUT2D eigenvalue weighted by Gasteiger charge is 2.50. The Hall–Kier alpha value is -4.01. The standard InChI is InChI=1S/C37H48N4O4/c1-27(2)24-37(40-28(3)42)21-22-41(36(37)45)33(20-19-29-13-7-4-8-14-29)35(44)39-32(23-30-15-9-5-10-16-30)34(43)26-38-25-31-17-11-6-12-18-31/h4-18,27,32-34,38,43H,19-26H2,1-3H3,(H,39,44)(H,40,42)/t32-,33?,34-,37+/m0/s1. The Kier molecular flexibility index (Phi) is 12.3. The highest BCUT2D eigenvalue weighted by molar-refractivity contribution is 5.96. The zero-order valence-electron chi connectivity index (χ0n) is 26.7. The first kappa shape index (κ1) is 33.9. The number of hydrogen-bond donors (Lipinski definition) is 4. The molecule has 0 spiro atoms. The predicted molar refractivity (Wildman–Crippen MR) is 177 cm³/mol. The number of aliphatic hydroxyl groups excluding tert-OH is 1. The van der Waals surface area contributed by atoms with Gasteiger partial charge in [-0.25, -0.2) is 0 Å². The summed E-state index contributed by atoms with van der Waals surface area (Å²) in [5, 5.41) is 20.8. The molecule has 0 radical (unpaired) electrons. The van der Waals surface area contributed by atoms with E-state index < -0.39 is 23.7 Å². The van der Waals surface area contributed by atoms with Gasteiger partial charge in [0.1, 0.15) is 11.6 Å². The van der Waals surface area contributed by atoms with Crippen LogP contribution in [-0.2, 0) is 33.8 Å². The third kappa shape index (κ3) is 9.74. The lowest BCUT2D eigenvalue weighted by Crippen LogP contribution is -2.59. The smallest absolute Gasteiger partial charge is 0.249 e. The summed E-state index contributed by atoms with van der Waals surface area (Å²) >= 11 is 0. The number of aryl methyl sites for hydroxylation is 1. The molecule has 8 nitrogen and oxygen atoms in total. The van der Waals surface area contributed by atoms with Crippen molar-refractivity contribution in [3.8, 4) is 0 Å². The molecule has 0 aromatic heterocycles. The van der Waals surface area contributed by atoms with E-state index in [2.05, 4.69) is 16.0 Å². The third-order valence-corrected chi connectivity index (χ3v) is 8.47. The molecule has 4 atom stereocenters. The molecule has 1 fully saturated rings. The van der Waals surface area contributed by atoms with Gasteiger partial charge in [-0.3, -0.25) is 14.4 Å². The Labute approximate surface area is 267 Å². The average Bonchev–Trinajstić information content (AvgIpc) is 3.31. The number of carbonyl (C=O) groups is 3. The molecule has 0 saturated carbocycles. The summed E-state index contributed by atoms with van der Waals surface area (Å²) in [7, 11) is 0. The van der Waals surface area contributed by atoms with Gasteiger partial charge in [-0.2, -0.15) is 0 Å². The number of carbonyl (C=O) groups excluding carboxylic acids is 3. The molecule has 3 aromatic rings. The van der Waals surface area contributed by atoms with Gasteiger partial charge in [0.15, 0.2) is 0 Å². The van der Waals surface area contributed by atoms with Crippen LogP contribution >= 0.6 is 0 Å². The SMILES string of the molecule is CC(=O)N[C@@]1(CC(C)C)CCN(C(CCc2ccccc2)C(=O)N[C@@H](Cc2ccccc2)[C@@H](O)CNCc2ccccc2)C1=O. The van der Waals surface area contributed by atoms with E-state index in [1.54, 1.807) is 4.90 Å². The van der Waals surface area contributed by atoms with Crippen LogP contribution < -0.4 is 16.0 Å². The Balaban J connectivity index is 1.56. The second kappa shape index (κ2) is 16.3. The fourth-order valence-corrected chi connectivity index (χ4v) is 6.39. The van der Waals surface area contributed by atoms with Crippen molar-refractivity contribution in [2.45, 2.75) is 83.1 Å². The lowest BCUT2D eigenvalue weighted by molar-refractivity contribution is -0.143. The fourth-order valence-electron chi connectivity index (χ4n) is 6.39. The highest BCUT2D eigenvalue weighted by Crippen LogP contribution is 2.32. The molecule has 1 aliphatic heterocycles. The third-order valence-electron chi connectivity index (χ3n) is 8.47. The summed E-state index contributed by atoms with van der Waals surface area (Å²) in [6.45, 7) is 6.72. The maximum absolute atomic E-state index is 14.2. The highest BCUT2D eigenvalue weighted by atomic mass is 16.3. The molecule has 240 valence electrons.